The lowest BCUT2D eigenvalue weighted by molar-refractivity contribution is -0.139. The smallest absolute Gasteiger partial charge is 0.416 e. The molecule has 4 nitrogen and oxygen atoms in total. The molecular formula is C19H17F4NO3S. The number of ether oxygens (including phenoxy) is 1. The highest BCUT2D eigenvalue weighted by atomic mass is 32.2. The van der Waals surface area contributed by atoms with Gasteiger partial charge in [-0.15, -0.1) is 11.8 Å². The maximum absolute atomic E-state index is 13.7. The van der Waals surface area contributed by atoms with E-state index in [1.165, 1.54) is 18.1 Å². The van der Waals surface area contributed by atoms with Gasteiger partial charge in [0, 0.05) is 6.54 Å². The van der Waals surface area contributed by atoms with E-state index in [0.29, 0.717) is 12.5 Å². The van der Waals surface area contributed by atoms with Crippen LogP contribution in [0.25, 0.3) is 0 Å². The van der Waals surface area contributed by atoms with Crippen LogP contribution in [0.15, 0.2) is 36.4 Å². The SMILES string of the molecule is COc1cc(CCN2C(=O)CSC2c2cc(F)ccc2C(F)(F)F)ccc1O. The van der Waals surface area contributed by atoms with E-state index in [0.717, 1.165) is 29.5 Å². The number of aromatic hydroxyl groups is 1. The highest BCUT2D eigenvalue weighted by molar-refractivity contribution is 8.00. The number of phenols is 1. The summed E-state index contributed by atoms with van der Waals surface area (Å²) in [6, 6.07) is 7.00. The van der Waals surface area contributed by atoms with Crippen molar-refractivity contribution in [2.24, 2.45) is 0 Å². The van der Waals surface area contributed by atoms with Crippen molar-refractivity contribution in [1.29, 1.82) is 0 Å². The lowest BCUT2D eigenvalue weighted by atomic mass is 10.1. The molecular weight excluding hydrogens is 398 g/mol. The highest BCUT2D eigenvalue weighted by Gasteiger charge is 2.40. The number of alkyl halides is 3. The molecule has 0 saturated carbocycles. The third kappa shape index (κ3) is 4.19. The van der Waals surface area contributed by atoms with Crippen molar-refractivity contribution in [3.8, 4) is 11.5 Å². The van der Waals surface area contributed by atoms with Crippen molar-refractivity contribution in [2.45, 2.75) is 18.0 Å². The van der Waals surface area contributed by atoms with Gasteiger partial charge in [0.25, 0.3) is 0 Å². The van der Waals surface area contributed by atoms with Crippen LogP contribution in [0, 0.1) is 5.82 Å². The molecule has 9 heteroatoms. The molecule has 28 heavy (non-hydrogen) atoms. The van der Waals surface area contributed by atoms with E-state index in [4.69, 9.17) is 4.74 Å². The van der Waals surface area contributed by atoms with Crippen molar-refractivity contribution >= 4 is 17.7 Å². The molecule has 1 aliphatic rings. The largest absolute Gasteiger partial charge is 0.504 e. The Morgan fingerprint density at radius 3 is 2.68 bits per heavy atom. The molecule has 0 aliphatic carbocycles. The Balaban J connectivity index is 1.86. The molecule has 1 N–H and O–H groups in total. The van der Waals surface area contributed by atoms with E-state index in [1.54, 1.807) is 12.1 Å². The summed E-state index contributed by atoms with van der Waals surface area (Å²) in [7, 11) is 1.40. The lowest BCUT2D eigenvalue weighted by Crippen LogP contribution is -2.31. The molecule has 150 valence electrons. The van der Waals surface area contributed by atoms with E-state index in [-0.39, 0.29) is 35.3 Å². The first kappa shape index (κ1) is 20.3. The van der Waals surface area contributed by atoms with Crippen molar-refractivity contribution in [1.82, 2.24) is 4.90 Å². The van der Waals surface area contributed by atoms with Crippen molar-refractivity contribution in [3.63, 3.8) is 0 Å². The molecule has 1 unspecified atom stereocenters. The summed E-state index contributed by atoms with van der Waals surface area (Å²) in [5.74, 6) is -0.839. The van der Waals surface area contributed by atoms with Crippen LogP contribution in [-0.2, 0) is 17.4 Å². The zero-order chi connectivity index (χ0) is 20.5. The number of nitrogens with zero attached hydrogens (tertiary/aromatic N) is 1. The molecule has 0 spiro atoms. The van der Waals surface area contributed by atoms with Crippen LogP contribution in [0.4, 0.5) is 17.6 Å². The summed E-state index contributed by atoms with van der Waals surface area (Å²) in [6.07, 6.45) is -4.30. The van der Waals surface area contributed by atoms with E-state index in [1.807, 2.05) is 0 Å². The van der Waals surface area contributed by atoms with Gasteiger partial charge >= 0.3 is 6.18 Å². The molecule has 0 bridgehead atoms. The minimum atomic E-state index is -4.65. The van der Waals surface area contributed by atoms with Crippen molar-refractivity contribution in [3.05, 3.63) is 58.9 Å². The number of carbonyl (C=O) groups excluding carboxylic acids is 1. The fourth-order valence-corrected chi connectivity index (χ4v) is 4.32. The van der Waals surface area contributed by atoms with Gasteiger partial charge in [-0.2, -0.15) is 13.2 Å². The first-order valence-corrected chi connectivity index (χ1v) is 9.39. The monoisotopic (exact) mass is 415 g/mol. The second-order valence-electron chi connectivity index (χ2n) is 6.24. The van der Waals surface area contributed by atoms with Gasteiger partial charge in [-0.3, -0.25) is 4.79 Å². The Hall–Kier alpha value is -2.42. The summed E-state index contributed by atoms with van der Waals surface area (Å²) in [4.78, 5) is 13.6. The predicted octanol–water partition coefficient (Wildman–Crippen LogP) is 4.38. The minimum Gasteiger partial charge on any atom is -0.504 e. The highest BCUT2D eigenvalue weighted by Crippen LogP contribution is 2.44. The van der Waals surface area contributed by atoms with Crippen molar-refractivity contribution in [2.75, 3.05) is 19.4 Å². The summed E-state index contributed by atoms with van der Waals surface area (Å²) in [6.45, 7) is 0.151. The number of halogens is 4. The average Bonchev–Trinajstić information content (AvgIpc) is 3.00. The summed E-state index contributed by atoms with van der Waals surface area (Å²) in [5, 5.41) is 8.73. The Bertz CT molecular complexity index is 888. The minimum absolute atomic E-state index is 0.0252. The summed E-state index contributed by atoms with van der Waals surface area (Å²) >= 11 is 1.04. The van der Waals surface area contributed by atoms with E-state index in [2.05, 4.69) is 0 Å². The van der Waals surface area contributed by atoms with Crippen LogP contribution in [-0.4, -0.2) is 35.3 Å². The van der Waals surface area contributed by atoms with Gasteiger partial charge in [-0.25, -0.2) is 4.39 Å². The number of benzene rings is 2. The van der Waals surface area contributed by atoms with Gasteiger partial charge in [0.1, 0.15) is 11.2 Å². The Morgan fingerprint density at radius 1 is 1.25 bits per heavy atom. The van der Waals surface area contributed by atoms with Gasteiger partial charge in [0.05, 0.1) is 18.4 Å². The van der Waals surface area contributed by atoms with Crippen LogP contribution >= 0.6 is 11.8 Å². The summed E-state index contributed by atoms with van der Waals surface area (Å²) < 4.78 is 58.8. The fourth-order valence-electron chi connectivity index (χ4n) is 3.08. The zero-order valence-corrected chi connectivity index (χ0v) is 15.6. The average molecular weight is 415 g/mol. The quantitative estimate of drug-likeness (QED) is 0.737. The lowest BCUT2D eigenvalue weighted by Gasteiger charge is -2.26. The first-order chi connectivity index (χ1) is 13.2. The molecule has 0 radical (unpaired) electrons. The number of hydrogen-bond acceptors (Lipinski definition) is 4. The number of methoxy groups -OCH3 is 1. The maximum atomic E-state index is 13.7. The third-order valence-corrected chi connectivity index (χ3v) is 5.68. The van der Waals surface area contributed by atoms with Gasteiger partial charge in [-0.05, 0) is 47.9 Å². The van der Waals surface area contributed by atoms with E-state index in [9.17, 15) is 27.5 Å². The molecule has 1 heterocycles. The topological polar surface area (TPSA) is 49.8 Å². The Kier molecular flexibility index (Phi) is 5.74. The molecule has 1 amide bonds. The van der Waals surface area contributed by atoms with Crippen LogP contribution in [0.1, 0.15) is 22.1 Å². The third-order valence-electron chi connectivity index (χ3n) is 4.44. The summed E-state index contributed by atoms with van der Waals surface area (Å²) in [5.41, 5.74) is -0.461. The fraction of sp³-hybridized carbons (Fsp3) is 0.316. The van der Waals surface area contributed by atoms with E-state index >= 15 is 0 Å². The molecule has 0 aromatic heterocycles. The Labute approximate surface area is 163 Å². The standard InChI is InChI=1S/C19H17F4NO3S/c1-27-16-8-11(2-5-15(16)25)6-7-24-17(26)10-28-18(24)13-9-12(20)3-4-14(13)19(21,22)23/h2-5,8-9,18,25H,6-7,10H2,1H3. The normalized spacial score (nSPS) is 17.2. The van der Waals surface area contributed by atoms with Crippen LogP contribution in [0.5, 0.6) is 11.5 Å². The zero-order valence-electron chi connectivity index (χ0n) is 14.8. The van der Waals surface area contributed by atoms with Crippen molar-refractivity contribution < 1.29 is 32.2 Å². The molecule has 1 fully saturated rings. The van der Waals surface area contributed by atoms with Gasteiger partial charge in [0.2, 0.25) is 5.91 Å². The molecule has 2 aromatic carbocycles. The number of rotatable bonds is 5. The number of hydrogen-bond donors (Lipinski definition) is 1. The second kappa shape index (κ2) is 7.90. The van der Waals surface area contributed by atoms with E-state index < -0.39 is 22.9 Å². The van der Waals surface area contributed by atoms with Gasteiger partial charge < -0.3 is 14.7 Å². The molecule has 2 aromatic rings. The van der Waals surface area contributed by atoms with Crippen LogP contribution in [0.2, 0.25) is 0 Å². The molecule has 3 rings (SSSR count). The number of carbonyl (C=O) groups is 1. The predicted molar refractivity (Wildman–Crippen MR) is 96.7 cm³/mol. The van der Waals surface area contributed by atoms with Crippen LogP contribution < -0.4 is 4.74 Å². The molecule has 1 aliphatic heterocycles. The van der Waals surface area contributed by atoms with Gasteiger partial charge in [0.15, 0.2) is 11.5 Å². The molecule has 1 saturated heterocycles. The Morgan fingerprint density at radius 2 is 2.00 bits per heavy atom. The molecule has 1 atom stereocenters. The number of amides is 1. The first-order valence-electron chi connectivity index (χ1n) is 8.34. The maximum Gasteiger partial charge on any atom is 0.416 e. The van der Waals surface area contributed by atoms with Gasteiger partial charge in [-0.1, -0.05) is 6.07 Å². The number of thioether (sulfide) groups is 1. The number of phenolic OH excluding ortho intramolecular Hbond substituents is 1. The van der Waals surface area contributed by atoms with Crippen LogP contribution in [0.3, 0.4) is 0 Å². The second-order valence-corrected chi connectivity index (χ2v) is 7.30.